The summed E-state index contributed by atoms with van der Waals surface area (Å²) in [6.45, 7) is 3.74. The number of carboxylic acid groups (broad SMARTS) is 1. The summed E-state index contributed by atoms with van der Waals surface area (Å²) >= 11 is 0. The molecule has 7 N–H and O–H groups in total. The van der Waals surface area contributed by atoms with Crippen LogP contribution in [0, 0.1) is 0 Å². The Morgan fingerprint density at radius 3 is 2.83 bits per heavy atom. The topological polar surface area (TPSA) is 183 Å². The average molecular weight is 425 g/mol. The number of aromatic nitrogens is 4. The second-order valence-electron chi connectivity index (χ2n) is 6.80. The van der Waals surface area contributed by atoms with Gasteiger partial charge in [0.15, 0.2) is 17.7 Å². The molecule has 2 aromatic heterocycles. The monoisotopic (exact) mass is 425 g/mol. The molecule has 158 valence electrons. The zero-order valence-electron chi connectivity index (χ0n) is 15.7. The van der Waals surface area contributed by atoms with Crippen molar-refractivity contribution in [3.63, 3.8) is 0 Å². The predicted molar refractivity (Wildman–Crippen MR) is 108 cm³/mol. The van der Waals surface area contributed by atoms with E-state index in [2.05, 4.69) is 21.5 Å². The molecule has 0 radical (unpaired) electrons. The number of aliphatic hydroxyl groups is 2. The number of aliphatic hydroxyl groups excluding tert-OH is 2. The van der Waals surface area contributed by atoms with E-state index in [1.807, 2.05) is 0 Å². The summed E-state index contributed by atoms with van der Waals surface area (Å²) < 4.78 is 7.48. The Bertz CT molecular complexity index is 879. The van der Waals surface area contributed by atoms with E-state index < -0.39 is 36.6 Å². The number of anilines is 1. The maximum Gasteiger partial charge on any atom is 0.320 e. The van der Waals surface area contributed by atoms with Gasteiger partial charge >= 0.3 is 5.97 Å². The molecule has 3 rings (SSSR count). The zero-order valence-corrected chi connectivity index (χ0v) is 16.5. The van der Waals surface area contributed by atoms with Crippen LogP contribution in [-0.4, -0.2) is 82.4 Å². The molecule has 0 spiro atoms. The van der Waals surface area contributed by atoms with E-state index >= 15 is 0 Å². The fraction of sp³-hybridized carbons (Fsp3) is 0.529. The molecular formula is C17H25N6O5S+. The molecule has 1 unspecified atom stereocenters. The molecule has 11 nitrogen and oxygen atoms in total. The van der Waals surface area contributed by atoms with Gasteiger partial charge < -0.3 is 31.5 Å². The van der Waals surface area contributed by atoms with Crippen LogP contribution in [0.3, 0.4) is 0 Å². The molecule has 2 aromatic rings. The van der Waals surface area contributed by atoms with Gasteiger partial charge in [-0.05, 0) is 17.0 Å². The molecule has 0 saturated carbocycles. The van der Waals surface area contributed by atoms with Crippen LogP contribution in [0.1, 0.15) is 12.6 Å². The summed E-state index contributed by atoms with van der Waals surface area (Å²) in [5.74, 6) is 0.799. The number of nitrogens with zero attached hydrogens (tertiary/aromatic N) is 4. The lowest BCUT2D eigenvalue weighted by Gasteiger charge is -2.16. The standard InChI is InChI=1S/C17H24N6O5S/c1-2-4-29(5-3-9(18)17(26)27)6-10-12(24)13(25)16(28-10)23-8-22-11-14(19)20-7-21-15(11)23/h2,7-10,12-13,16,24-25H,1,3-6,18H2,(H2-,19,20,21,26,27)/p+1/t9-,10+,12+,13+,16+,29?/m0/s1. The van der Waals surface area contributed by atoms with Gasteiger partial charge in [0, 0.05) is 6.42 Å². The van der Waals surface area contributed by atoms with Gasteiger partial charge in [0.25, 0.3) is 0 Å². The van der Waals surface area contributed by atoms with Crippen LogP contribution < -0.4 is 11.5 Å². The van der Waals surface area contributed by atoms with E-state index in [0.29, 0.717) is 34.8 Å². The fourth-order valence-electron chi connectivity index (χ4n) is 3.20. The van der Waals surface area contributed by atoms with Gasteiger partial charge in [0.1, 0.15) is 53.5 Å². The smallest absolute Gasteiger partial charge is 0.320 e. The second-order valence-corrected chi connectivity index (χ2v) is 9.10. The molecular weight excluding hydrogens is 400 g/mol. The van der Waals surface area contributed by atoms with Crippen LogP contribution in [0.4, 0.5) is 5.82 Å². The number of fused-ring (bicyclic) bond motifs is 1. The molecule has 1 aliphatic heterocycles. The number of aliphatic carboxylic acids is 1. The number of carboxylic acids is 1. The first-order valence-electron chi connectivity index (χ1n) is 9.01. The Balaban J connectivity index is 1.73. The summed E-state index contributed by atoms with van der Waals surface area (Å²) in [5, 5.41) is 30.0. The number of nitrogen functional groups attached to an aromatic ring is 1. The van der Waals surface area contributed by atoms with E-state index in [0.717, 1.165) is 0 Å². The highest BCUT2D eigenvalue weighted by atomic mass is 32.2. The van der Waals surface area contributed by atoms with Gasteiger partial charge in [-0.1, -0.05) is 6.58 Å². The highest BCUT2D eigenvalue weighted by Crippen LogP contribution is 2.33. The van der Waals surface area contributed by atoms with E-state index in [9.17, 15) is 15.0 Å². The summed E-state index contributed by atoms with van der Waals surface area (Å²) in [7, 11) is -0.308. The Morgan fingerprint density at radius 2 is 2.14 bits per heavy atom. The number of carbonyl (C=O) groups is 1. The lowest BCUT2D eigenvalue weighted by molar-refractivity contribution is -0.138. The van der Waals surface area contributed by atoms with Gasteiger partial charge in [-0.3, -0.25) is 9.36 Å². The highest BCUT2D eigenvalue weighted by Gasteiger charge is 2.47. The van der Waals surface area contributed by atoms with Crippen LogP contribution in [0.25, 0.3) is 11.2 Å². The third kappa shape index (κ3) is 4.51. The Kier molecular flexibility index (Phi) is 6.70. The summed E-state index contributed by atoms with van der Waals surface area (Å²) in [5.41, 5.74) is 12.2. The maximum absolute atomic E-state index is 10.9. The second kappa shape index (κ2) is 9.05. The fourth-order valence-corrected chi connectivity index (χ4v) is 5.33. The molecule has 0 amide bonds. The van der Waals surface area contributed by atoms with E-state index in [1.165, 1.54) is 17.2 Å². The Hall–Kier alpha value is -2.25. The predicted octanol–water partition coefficient (Wildman–Crippen LogP) is -1.37. The van der Waals surface area contributed by atoms with Gasteiger partial charge in [0.05, 0.1) is 6.33 Å². The van der Waals surface area contributed by atoms with Crippen molar-refractivity contribution in [1.29, 1.82) is 0 Å². The van der Waals surface area contributed by atoms with Crippen molar-refractivity contribution in [2.45, 2.75) is 37.0 Å². The van der Waals surface area contributed by atoms with Crippen LogP contribution in [0.5, 0.6) is 0 Å². The number of hydrogen-bond acceptors (Lipinski definition) is 9. The SMILES string of the molecule is C=CC[S+](CC[C@H](N)C(=O)O)C[C@H]1O[C@@H](n2cnc3c(N)ncnc32)[C@H](O)[C@@H]1O. The Labute approximate surface area is 169 Å². The van der Waals surface area contributed by atoms with Crippen LogP contribution in [0.15, 0.2) is 25.3 Å². The highest BCUT2D eigenvalue weighted by molar-refractivity contribution is 7.97. The van der Waals surface area contributed by atoms with Crippen molar-refractivity contribution in [2.24, 2.45) is 5.73 Å². The minimum Gasteiger partial charge on any atom is -0.480 e. The lowest BCUT2D eigenvalue weighted by Crippen LogP contribution is -2.38. The molecule has 0 aromatic carbocycles. The largest absolute Gasteiger partial charge is 0.480 e. The van der Waals surface area contributed by atoms with Crippen molar-refractivity contribution in [3.05, 3.63) is 25.3 Å². The quantitative estimate of drug-likeness (QED) is 0.237. The molecule has 29 heavy (non-hydrogen) atoms. The molecule has 0 bridgehead atoms. The van der Waals surface area contributed by atoms with E-state index in [-0.39, 0.29) is 16.7 Å². The Morgan fingerprint density at radius 1 is 1.38 bits per heavy atom. The molecule has 3 heterocycles. The molecule has 6 atom stereocenters. The van der Waals surface area contributed by atoms with Gasteiger partial charge in [0.2, 0.25) is 0 Å². The maximum atomic E-state index is 10.9. The third-order valence-electron chi connectivity index (χ3n) is 4.79. The van der Waals surface area contributed by atoms with Crippen molar-refractivity contribution in [1.82, 2.24) is 19.5 Å². The van der Waals surface area contributed by atoms with Gasteiger partial charge in [-0.2, -0.15) is 0 Å². The van der Waals surface area contributed by atoms with Crippen LogP contribution in [-0.2, 0) is 20.4 Å². The molecule has 1 fully saturated rings. The van der Waals surface area contributed by atoms with Gasteiger partial charge in [-0.15, -0.1) is 0 Å². The first kappa shape index (κ1) is 21.5. The first-order chi connectivity index (χ1) is 13.8. The number of imidazole rings is 1. The van der Waals surface area contributed by atoms with E-state index in [4.69, 9.17) is 21.3 Å². The normalized spacial score (nSPS) is 26.4. The van der Waals surface area contributed by atoms with E-state index in [1.54, 1.807) is 6.08 Å². The number of nitrogens with two attached hydrogens (primary N) is 2. The molecule has 0 aliphatic carbocycles. The van der Waals surface area contributed by atoms with Crippen LogP contribution >= 0.6 is 0 Å². The summed E-state index contributed by atoms with van der Waals surface area (Å²) in [6.07, 6.45) is 0.943. The molecule has 12 heteroatoms. The van der Waals surface area contributed by atoms with Gasteiger partial charge in [-0.25, -0.2) is 15.0 Å². The van der Waals surface area contributed by atoms with Crippen molar-refractivity contribution in [3.8, 4) is 0 Å². The lowest BCUT2D eigenvalue weighted by atomic mass is 10.1. The van der Waals surface area contributed by atoms with Crippen molar-refractivity contribution in [2.75, 3.05) is 23.0 Å². The minimum absolute atomic E-state index is 0.209. The first-order valence-corrected chi connectivity index (χ1v) is 10.7. The zero-order chi connectivity index (χ0) is 21.1. The molecule has 1 saturated heterocycles. The number of hydrogen-bond donors (Lipinski definition) is 5. The molecule has 1 aliphatic rings. The number of ether oxygens (including phenoxy) is 1. The summed E-state index contributed by atoms with van der Waals surface area (Å²) in [6, 6.07) is -0.940. The number of rotatable bonds is 9. The van der Waals surface area contributed by atoms with Crippen molar-refractivity contribution >= 4 is 33.8 Å². The minimum atomic E-state index is -1.19. The summed E-state index contributed by atoms with van der Waals surface area (Å²) in [4.78, 5) is 23.1. The third-order valence-corrected chi connectivity index (χ3v) is 7.11. The average Bonchev–Trinajstić information content (AvgIpc) is 3.23. The van der Waals surface area contributed by atoms with Crippen LogP contribution in [0.2, 0.25) is 0 Å². The van der Waals surface area contributed by atoms with Crippen molar-refractivity contribution < 1.29 is 24.9 Å².